The van der Waals surface area contributed by atoms with Gasteiger partial charge in [-0.05, 0) is 38.0 Å². The van der Waals surface area contributed by atoms with Crippen LogP contribution < -0.4 is 9.80 Å². The molecule has 4 heterocycles. The van der Waals surface area contributed by atoms with Gasteiger partial charge in [-0.25, -0.2) is 23.3 Å². The van der Waals surface area contributed by atoms with Crippen LogP contribution in [0.3, 0.4) is 0 Å². The molecule has 0 N–H and O–H groups in total. The number of aromatic nitrogens is 6. The Labute approximate surface area is 200 Å². The van der Waals surface area contributed by atoms with Crippen molar-refractivity contribution in [2.45, 2.75) is 38.5 Å². The highest BCUT2D eigenvalue weighted by atomic mass is 19.1. The Morgan fingerprint density at radius 1 is 1.26 bits per heavy atom. The SMILES string of the molecule is CCOC(=O)c1cn(C2CCN(c3ccc(N4C[C@H](Cn5ccnn5)OC4=O)cc3F)CC2)nn1. The standard InChI is InChI=1S/C22H25FN8O4/c1-2-34-21(32)19-14-31(27-25-19)15-5-8-28(9-6-15)20-4-3-16(11-18(20)23)30-13-17(35-22(30)33)12-29-10-7-24-26-29/h3-4,7,10-11,14-15,17H,2,5-6,8-9,12-13H2,1H3/t17-/m0/s1. The molecule has 35 heavy (non-hydrogen) atoms. The van der Waals surface area contributed by atoms with E-state index >= 15 is 4.39 Å². The molecule has 5 rings (SSSR count). The molecule has 3 aromatic rings. The average Bonchev–Trinajstić information content (AvgIpc) is 3.61. The van der Waals surface area contributed by atoms with Crippen LogP contribution in [0, 0.1) is 5.82 Å². The van der Waals surface area contributed by atoms with Gasteiger partial charge in [-0.1, -0.05) is 10.4 Å². The van der Waals surface area contributed by atoms with Crippen molar-refractivity contribution in [3.63, 3.8) is 0 Å². The summed E-state index contributed by atoms with van der Waals surface area (Å²) in [6.07, 6.45) is 5.36. The molecule has 0 spiro atoms. The monoisotopic (exact) mass is 484 g/mol. The number of cyclic esters (lactones) is 1. The highest BCUT2D eigenvalue weighted by Gasteiger charge is 2.33. The molecular weight excluding hydrogens is 459 g/mol. The van der Waals surface area contributed by atoms with Gasteiger partial charge >= 0.3 is 12.1 Å². The van der Waals surface area contributed by atoms with Gasteiger partial charge in [0.15, 0.2) is 5.69 Å². The number of hydrogen-bond acceptors (Lipinski definition) is 9. The molecular formula is C22H25FN8O4. The minimum atomic E-state index is -0.516. The van der Waals surface area contributed by atoms with Crippen LogP contribution >= 0.6 is 0 Å². The zero-order valence-electron chi connectivity index (χ0n) is 19.2. The number of esters is 1. The first-order valence-corrected chi connectivity index (χ1v) is 11.5. The van der Waals surface area contributed by atoms with E-state index in [1.54, 1.807) is 47.0 Å². The molecule has 2 fully saturated rings. The number of benzene rings is 1. The molecule has 184 valence electrons. The Hall–Kier alpha value is -4.03. The second kappa shape index (κ2) is 9.68. The number of anilines is 2. The minimum absolute atomic E-state index is 0.0607. The maximum Gasteiger partial charge on any atom is 0.414 e. The van der Waals surface area contributed by atoms with Crippen LogP contribution in [0.25, 0.3) is 0 Å². The number of halogens is 1. The molecule has 1 amide bonds. The van der Waals surface area contributed by atoms with Crippen molar-refractivity contribution in [2.24, 2.45) is 0 Å². The van der Waals surface area contributed by atoms with Crippen LogP contribution in [0.4, 0.5) is 20.6 Å². The van der Waals surface area contributed by atoms with E-state index in [2.05, 4.69) is 20.6 Å². The molecule has 2 aliphatic heterocycles. The molecule has 0 unspecified atom stereocenters. The summed E-state index contributed by atoms with van der Waals surface area (Å²) in [5.74, 6) is -0.899. The summed E-state index contributed by atoms with van der Waals surface area (Å²) in [4.78, 5) is 27.6. The molecule has 0 radical (unpaired) electrons. The third-order valence-electron chi connectivity index (χ3n) is 6.15. The Kier molecular flexibility index (Phi) is 6.29. The summed E-state index contributed by atoms with van der Waals surface area (Å²) in [6, 6.07) is 4.85. The lowest BCUT2D eigenvalue weighted by Gasteiger charge is -2.33. The van der Waals surface area contributed by atoms with E-state index in [1.807, 2.05) is 4.90 Å². The molecule has 2 aromatic heterocycles. The summed E-state index contributed by atoms with van der Waals surface area (Å²) in [6.45, 7) is 3.91. The fourth-order valence-corrected chi connectivity index (χ4v) is 4.41. The molecule has 2 saturated heterocycles. The second-order valence-electron chi connectivity index (χ2n) is 8.40. The number of amides is 1. The number of rotatable bonds is 7. The summed E-state index contributed by atoms with van der Waals surface area (Å²) in [5, 5.41) is 15.6. The van der Waals surface area contributed by atoms with E-state index in [1.165, 1.54) is 11.0 Å². The normalized spacial score (nSPS) is 18.7. The predicted octanol–water partition coefficient (Wildman–Crippen LogP) is 2.05. The van der Waals surface area contributed by atoms with Crippen molar-refractivity contribution in [3.8, 4) is 0 Å². The van der Waals surface area contributed by atoms with Crippen molar-refractivity contribution in [3.05, 3.63) is 48.3 Å². The highest BCUT2D eigenvalue weighted by Crippen LogP contribution is 2.31. The van der Waals surface area contributed by atoms with Crippen LogP contribution in [0.1, 0.15) is 36.3 Å². The van der Waals surface area contributed by atoms with E-state index < -0.39 is 24.0 Å². The van der Waals surface area contributed by atoms with Gasteiger partial charge in [0.2, 0.25) is 0 Å². The van der Waals surface area contributed by atoms with Gasteiger partial charge in [0.1, 0.15) is 11.9 Å². The fraction of sp³-hybridized carbons (Fsp3) is 0.455. The first-order valence-electron chi connectivity index (χ1n) is 11.5. The first-order chi connectivity index (χ1) is 17.0. The van der Waals surface area contributed by atoms with E-state index in [-0.39, 0.29) is 18.3 Å². The van der Waals surface area contributed by atoms with Crippen LogP contribution in [-0.2, 0) is 16.0 Å². The minimum Gasteiger partial charge on any atom is -0.461 e. The van der Waals surface area contributed by atoms with E-state index in [9.17, 15) is 9.59 Å². The van der Waals surface area contributed by atoms with Gasteiger partial charge < -0.3 is 14.4 Å². The van der Waals surface area contributed by atoms with Crippen molar-refractivity contribution >= 4 is 23.4 Å². The van der Waals surface area contributed by atoms with Gasteiger partial charge in [0, 0.05) is 19.3 Å². The third kappa shape index (κ3) is 4.79. The zero-order valence-corrected chi connectivity index (χ0v) is 19.2. The first kappa shape index (κ1) is 22.7. The average molecular weight is 484 g/mol. The molecule has 0 aliphatic carbocycles. The Morgan fingerprint density at radius 2 is 2.09 bits per heavy atom. The molecule has 13 heteroatoms. The molecule has 1 atom stereocenters. The molecule has 0 saturated carbocycles. The highest BCUT2D eigenvalue weighted by molar-refractivity contribution is 5.90. The lowest BCUT2D eigenvalue weighted by atomic mass is 10.0. The summed E-state index contributed by atoms with van der Waals surface area (Å²) in [5.41, 5.74) is 1.10. The second-order valence-corrected chi connectivity index (χ2v) is 8.40. The smallest absolute Gasteiger partial charge is 0.414 e. The molecule has 2 aliphatic rings. The van der Waals surface area contributed by atoms with Crippen LogP contribution in [0.5, 0.6) is 0 Å². The number of carbonyl (C=O) groups is 2. The van der Waals surface area contributed by atoms with Gasteiger partial charge in [0.05, 0.1) is 49.5 Å². The quantitative estimate of drug-likeness (QED) is 0.464. The summed E-state index contributed by atoms with van der Waals surface area (Å²) < 4.78 is 28.7. The number of piperidine rings is 1. The number of ether oxygens (including phenoxy) is 2. The number of carbonyl (C=O) groups excluding carboxylic acids is 2. The van der Waals surface area contributed by atoms with Crippen LogP contribution in [0.15, 0.2) is 36.8 Å². The lowest BCUT2D eigenvalue weighted by Crippen LogP contribution is -2.35. The molecule has 1 aromatic carbocycles. The zero-order chi connectivity index (χ0) is 24.4. The number of hydrogen-bond donors (Lipinski definition) is 0. The predicted molar refractivity (Wildman–Crippen MR) is 120 cm³/mol. The summed E-state index contributed by atoms with van der Waals surface area (Å²) >= 11 is 0. The topological polar surface area (TPSA) is 120 Å². The van der Waals surface area contributed by atoms with Crippen molar-refractivity contribution in [1.29, 1.82) is 0 Å². The Bertz CT molecular complexity index is 1190. The van der Waals surface area contributed by atoms with E-state index in [4.69, 9.17) is 9.47 Å². The van der Waals surface area contributed by atoms with Gasteiger partial charge in [0.25, 0.3) is 0 Å². The third-order valence-corrected chi connectivity index (χ3v) is 6.15. The summed E-state index contributed by atoms with van der Waals surface area (Å²) in [7, 11) is 0. The maximum atomic E-state index is 15.1. The van der Waals surface area contributed by atoms with Crippen molar-refractivity contribution < 1.29 is 23.5 Å². The van der Waals surface area contributed by atoms with Gasteiger partial charge in [-0.3, -0.25) is 4.90 Å². The lowest BCUT2D eigenvalue weighted by molar-refractivity contribution is 0.0519. The van der Waals surface area contributed by atoms with Crippen molar-refractivity contribution in [2.75, 3.05) is 36.0 Å². The van der Waals surface area contributed by atoms with Gasteiger partial charge in [-0.2, -0.15) is 0 Å². The number of nitrogens with zero attached hydrogens (tertiary/aromatic N) is 8. The fourth-order valence-electron chi connectivity index (χ4n) is 4.41. The van der Waals surface area contributed by atoms with E-state index in [0.29, 0.717) is 37.6 Å². The maximum absolute atomic E-state index is 15.1. The van der Waals surface area contributed by atoms with Crippen LogP contribution in [0.2, 0.25) is 0 Å². The van der Waals surface area contributed by atoms with Crippen molar-refractivity contribution in [1.82, 2.24) is 30.0 Å². The van der Waals surface area contributed by atoms with E-state index in [0.717, 1.165) is 12.8 Å². The molecule has 0 bridgehead atoms. The Balaban J connectivity index is 1.20. The van der Waals surface area contributed by atoms with Gasteiger partial charge in [-0.15, -0.1) is 10.2 Å². The Morgan fingerprint density at radius 3 is 2.80 bits per heavy atom. The van der Waals surface area contributed by atoms with Crippen LogP contribution in [-0.4, -0.2) is 74.4 Å². The molecule has 12 nitrogen and oxygen atoms in total. The largest absolute Gasteiger partial charge is 0.461 e.